The van der Waals surface area contributed by atoms with Gasteiger partial charge in [0.1, 0.15) is 23.2 Å². The molecule has 3 heterocycles. The zero-order valence-electron chi connectivity index (χ0n) is 14.5. The number of carbonyl (C=O) groups excluding carboxylic acids is 4. The summed E-state index contributed by atoms with van der Waals surface area (Å²) < 4.78 is 5.72. The highest BCUT2D eigenvalue weighted by molar-refractivity contribution is 6.22. The monoisotopic (exact) mass is 373 g/mol. The lowest BCUT2D eigenvalue weighted by atomic mass is 9.96. The summed E-state index contributed by atoms with van der Waals surface area (Å²) in [5.74, 6) is -1.50. The molecule has 0 saturated carbocycles. The Balaban J connectivity index is 1.71. The van der Waals surface area contributed by atoms with E-state index in [1.54, 1.807) is 30.3 Å². The minimum atomic E-state index is -0.728. The van der Waals surface area contributed by atoms with E-state index in [0.717, 1.165) is 0 Å². The third kappa shape index (κ3) is 2.62. The Labute approximate surface area is 158 Å². The van der Waals surface area contributed by atoms with E-state index in [9.17, 15) is 19.2 Å². The molecule has 0 saturated heterocycles. The first-order valence-corrected chi connectivity index (χ1v) is 8.17. The minimum absolute atomic E-state index is 0.132. The van der Waals surface area contributed by atoms with Crippen molar-refractivity contribution in [3.63, 3.8) is 0 Å². The number of hydrogen-bond donors (Lipinski definition) is 2. The molecule has 0 spiro atoms. The van der Waals surface area contributed by atoms with E-state index in [0.29, 0.717) is 22.6 Å². The van der Waals surface area contributed by atoms with Crippen LogP contribution in [-0.2, 0) is 9.59 Å². The molecule has 0 bridgehead atoms. The zero-order valence-corrected chi connectivity index (χ0v) is 14.5. The average molecular weight is 373 g/mol. The van der Waals surface area contributed by atoms with Crippen LogP contribution in [0.4, 0.5) is 0 Å². The van der Waals surface area contributed by atoms with Gasteiger partial charge in [-0.25, -0.2) is 0 Å². The van der Waals surface area contributed by atoms with Crippen LogP contribution in [0.3, 0.4) is 0 Å². The lowest BCUT2D eigenvalue weighted by Gasteiger charge is -2.15. The van der Waals surface area contributed by atoms with Crippen molar-refractivity contribution in [2.75, 3.05) is 0 Å². The highest BCUT2D eigenvalue weighted by Gasteiger charge is 2.28. The van der Waals surface area contributed by atoms with Crippen LogP contribution >= 0.6 is 0 Å². The van der Waals surface area contributed by atoms with Crippen molar-refractivity contribution < 1.29 is 23.6 Å². The van der Waals surface area contributed by atoms with Gasteiger partial charge in [0.25, 0.3) is 23.6 Å². The molecule has 4 rings (SSSR count). The molecule has 0 unspecified atom stereocenters. The molecule has 2 aliphatic rings. The zero-order chi connectivity index (χ0) is 20.0. The second kappa shape index (κ2) is 6.17. The first-order valence-electron chi connectivity index (χ1n) is 8.17. The summed E-state index contributed by atoms with van der Waals surface area (Å²) in [6.07, 6.45) is 1.43. The summed E-state index contributed by atoms with van der Waals surface area (Å²) in [5.41, 5.74) is 1.43. The van der Waals surface area contributed by atoms with Crippen molar-refractivity contribution in [2.24, 2.45) is 0 Å². The molecule has 2 aromatic rings. The molecule has 1 aromatic heterocycles. The number of benzene rings is 1. The SMILES string of the molecule is CC1=C(C#N)C(=O)NC(=O)/C1=C/c1ccc(-c2ccc3c(c2)C(=O)NC3=O)o1. The van der Waals surface area contributed by atoms with Gasteiger partial charge in [0, 0.05) is 11.1 Å². The van der Waals surface area contributed by atoms with Crippen LogP contribution in [0.25, 0.3) is 17.4 Å². The summed E-state index contributed by atoms with van der Waals surface area (Å²) in [5, 5.41) is 13.4. The van der Waals surface area contributed by atoms with Crippen LogP contribution in [-0.4, -0.2) is 23.6 Å². The Kier molecular flexibility index (Phi) is 3.79. The molecule has 2 aliphatic heterocycles. The summed E-state index contributed by atoms with van der Waals surface area (Å²) >= 11 is 0. The molecule has 0 atom stereocenters. The van der Waals surface area contributed by atoms with Crippen molar-refractivity contribution in [1.82, 2.24) is 10.6 Å². The van der Waals surface area contributed by atoms with Gasteiger partial charge in [0.05, 0.1) is 11.1 Å². The highest BCUT2D eigenvalue weighted by Crippen LogP contribution is 2.29. The van der Waals surface area contributed by atoms with Gasteiger partial charge in [-0.1, -0.05) is 6.07 Å². The van der Waals surface area contributed by atoms with Gasteiger partial charge in [0.2, 0.25) is 0 Å². The van der Waals surface area contributed by atoms with Crippen molar-refractivity contribution >= 4 is 29.7 Å². The van der Waals surface area contributed by atoms with Gasteiger partial charge in [-0.3, -0.25) is 29.8 Å². The van der Waals surface area contributed by atoms with Crippen molar-refractivity contribution in [3.8, 4) is 17.4 Å². The second-order valence-corrected chi connectivity index (χ2v) is 6.20. The average Bonchev–Trinajstić information content (AvgIpc) is 3.23. The predicted octanol–water partition coefficient (Wildman–Crippen LogP) is 1.71. The maximum Gasteiger partial charge on any atom is 0.269 e. The van der Waals surface area contributed by atoms with Crippen LogP contribution in [0.15, 0.2) is 51.5 Å². The molecule has 136 valence electrons. The van der Waals surface area contributed by atoms with Crippen LogP contribution in [0.5, 0.6) is 0 Å². The van der Waals surface area contributed by atoms with Gasteiger partial charge < -0.3 is 4.42 Å². The Morgan fingerprint density at radius 3 is 2.39 bits per heavy atom. The van der Waals surface area contributed by atoms with E-state index in [-0.39, 0.29) is 22.3 Å². The first-order chi connectivity index (χ1) is 13.4. The van der Waals surface area contributed by atoms with Gasteiger partial charge >= 0.3 is 0 Å². The Bertz CT molecular complexity index is 1210. The number of fused-ring (bicyclic) bond motifs is 1. The number of nitrogens with zero attached hydrogens (tertiary/aromatic N) is 1. The molecular weight excluding hydrogens is 362 g/mol. The molecule has 8 heteroatoms. The molecular formula is C20H11N3O5. The number of nitrogens with one attached hydrogen (secondary N) is 2. The number of nitriles is 1. The lowest BCUT2D eigenvalue weighted by Crippen LogP contribution is -2.37. The molecule has 0 aliphatic carbocycles. The summed E-state index contributed by atoms with van der Waals surface area (Å²) in [7, 11) is 0. The van der Waals surface area contributed by atoms with Crippen LogP contribution < -0.4 is 10.6 Å². The molecule has 28 heavy (non-hydrogen) atoms. The van der Waals surface area contributed by atoms with Crippen molar-refractivity contribution in [1.29, 1.82) is 5.26 Å². The van der Waals surface area contributed by atoms with E-state index in [2.05, 4.69) is 10.6 Å². The fourth-order valence-electron chi connectivity index (χ4n) is 3.07. The maximum absolute atomic E-state index is 12.1. The van der Waals surface area contributed by atoms with E-state index in [1.807, 2.05) is 0 Å². The molecule has 8 nitrogen and oxygen atoms in total. The maximum atomic E-state index is 12.1. The number of hydrogen-bond acceptors (Lipinski definition) is 6. The van der Waals surface area contributed by atoms with Crippen molar-refractivity contribution in [2.45, 2.75) is 6.92 Å². The van der Waals surface area contributed by atoms with Gasteiger partial charge in [0.15, 0.2) is 0 Å². The highest BCUT2D eigenvalue weighted by atomic mass is 16.3. The Morgan fingerprint density at radius 2 is 1.64 bits per heavy atom. The lowest BCUT2D eigenvalue weighted by molar-refractivity contribution is -0.126. The minimum Gasteiger partial charge on any atom is -0.457 e. The van der Waals surface area contributed by atoms with Crippen LogP contribution in [0.1, 0.15) is 33.4 Å². The summed E-state index contributed by atoms with van der Waals surface area (Å²) in [6, 6.07) is 9.79. The molecule has 1 aromatic carbocycles. The normalized spacial score (nSPS) is 17.5. The van der Waals surface area contributed by atoms with Gasteiger partial charge in [-0.2, -0.15) is 5.26 Å². The predicted molar refractivity (Wildman–Crippen MR) is 95.4 cm³/mol. The smallest absolute Gasteiger partial charge is 0.269 e. The van der Waals surface area contributed by atoms with Gasteiger partial charge in [-0.15, -0.1) is 0 Å². The molecule has 2 N–H and O–H groups in total. The first kappa shape index (κ1) is 17.2. The molecule has 4 amide bonds. The fourth-order valence-corrected chi connectivity index (χ4v) is 3.07. The quantitative estimate of drug-likeness (QED) is 0.609. The van der Waals surface area contributed by atoms with E-state index in [1.165, 1.54) is 19.1 Å². The van der Waals surface area contributed by atoms with E-state index in [4.69, 9.17) is 9.68 Å². The number of furan rings is 1. The number of amides is 4. The molecule has 0 fully saturated rings. The number of rotatable bonds is 2. The largest absolute Gasteiger partial charge is 0.457 e. The number of carbonyl (C=O) groups is 4. The van der Waals surface area contributed by atoms with Crippen LogP contribution in [0, 0.1) is 11.3 Å². The van der Waals surface area contributed by atoms with Crippen molar-refractivity contribution in [3.05, 3.63) is 63.9 Å². The van der Waals surface area contributed by atoms with E-state index >= 15 is 0 Å². The second-order valence-electron chi connectivity index (χ2n) is 6.20. The summed E-state index contributed by atoms with van der Waals surface area (Å²) in [6.45, 7) is 1.51. The van der Waals surface area contributed by atoms with Crippen LogP contribution in [0.2, 0.25) is 0 Å². The topological polar surface area (TPSA) is 129 Å². The van der Waals surface area contributed by atoms with Gasteiger partial charge in [-0.05, 0) is 42.8 Å². The Hall–Kier alpha value is -4.25. The summed E-state index contributed by atoms with van der Waals surface area (Å²) in [4.78, 5) is 47.2. The molecule has 0 radical (unpaired) electrons. The third-order valence-electron chi connectivity index (χ3n) is 4.52. The standard InChI is InChI=1S/C20H11N3O5/c1-9-13(18(25)23-20(27)15(9)8-21)7-11-3-5-16(28-11)10-2-4-12-14(6-10)19(26)22-17(12)24/h2-7H,1H3,(H,22,24,26)(H,23,25,27)/b13-7+. The number of imide groups is 2. The fraction of sp³-hybridized carbons (Fsp3) is 0.0500. The Morgan fingerprint density at radius 1 is 0.929 bits per heavy atom. The van der Waals surface area contributed by atoms with E-state index < -0.39 is 23.6 Å². The third-order valence-corrected chi connectivity index (χ3v) is 4.52.